The number of carbonyl (C=O) groups is 1. The summed E-state index contributed by atoms with van der Waals surface area (Å²) in [5.74, 6) is 0.533. The van der Waals surface area contributed by atoms with Crippen LogP contribution in [0.25, 0.3) is 0 Å². The van der Waals surface area contributed by atoms with Crippen molar-refractivity contribution in [2.24, 2.45) is 0 Å². The summed E-state index contributed by atoms with van der Waals surface area (Å²) in [5, 5.41) is 2.85. The van der Waals surface area contributed by atoms with E-state index in [1.54, 1.807) is 6.20 Å². The third kappa shape index (κ3) is 4.04. The van der Waals surface area contributed by atoms with Gasteiger partial charge in [0.15, 0.2) is 0 Å². The first-order valence-electron chi connectivity index (χ1n) is 7.52. The van der Waals surface area contributed by atoms with Gasteiger partial charge < -0.3 is 10.2 Å². The van der Waals surface area contributed by atoms with Crippen LogP contribution in [0, 0.1) is 6.92 Å². The Bertz CT molecular complexity index is 625. The second kappa shape index (κ2) is 7.54. The van der Waals surface area contributed by atoms with Gasteiger partial charge in [-0.1, -0.05) is 31.5 Å². The zero-order valence-corrected chi connectivity index (χ0v) is 13.3. The summed E-state index contributed by atoms with van der Waals surface area (Å²) < 4.78 is 0. The Kier molecular flexibility index (Phi) is 5.47. The van der Waals surface area contributed by atoms with Crippen molar-refractivity contribution in [3.8, 4) is 0 Å². The van der Waals surface area contributed by atoms with Gasteiger partial charge in [-0.05, 0) is 25.0 Å². The lowest BCUT2D eigenvalue weighted by molar-refractivity contribution is 0.102. The van der Waals surface area contributed by atoms with E-state index in [1.807, 2.05) is 43.1 Å². The number of para-hydroxylation sites is 1. The average Bonchev–Trinajstić information content (AvgIpc) is 2.55. The zero-order chi connectivity index (χ0) is 15.9. The molecule has 0 unspecified atom stereocenters. The van der Waals surface area contributed by atoms with Gasteiger partial charge in [-0.15, -0.1) is 0 Å². The van der Waals surface area contributed by atoms with Crippen LogP contribution >= 0.6 is 0 Å². The topological polar surface area (TPSA) is 58.1 Å². The summed E-state index contributed by atoms with van der Waals surface area (Å²) in [7, 11) is 1.98. The molecule has 0 saturated carbocycles. The highest BCUT2D eigenvalue weighted by molar-refractivity contribution is 6.03. The lowest BCUT2D eigenvalue weighted by Gasteiger charge is -2.17. The fraction of sp³-hybridized carbons (Fsp3) is 0.353. The van der Waals surface area contributed by atoms with Crippen LogP contribution in [0.5, 0.6) is 0 Å². The molecule has 0 aliphatic carbocycles. The second-order valence-corrected chi connectivity index (χ2v) is 5.30. The Morgan fingerprint density at radius 1 is 1.23 bits per heavy atom. The van der Waals surface area contributed by atoms with Crippen LogP contribution in [0.4, 0.5) is 11.5 Å². The quantitative estimate of drug-likeness (QED) is 0.889. The van der Waals surface area contributed by atoms with Gasteiger partial charge in [0.25, 0.3) is 5.91 Å². The number of anilines is 2. The number of nitrogens with one attached hydrogen (secondary N) is 1. The van der Waals surface area contributed by atoms with Gasteiger partial charge in [0.05, 0.1) is 12.4 Å². The van der Waals surface area contributed by atoms with E-state index >= 15 is 0 Å². The molecular formula is C17H22N4O. The molecule has 1 heterocycles. The second-order valence-electron chi connectivity index (χ2n) is 5.30. The minimum Gasteiger partial charge on any atom is -0.358 e. The van der Waals surface area contributed by atoms with Gasteiger partial charge in [0, 0.05) is 19.3 Å². The van der Waals surface area contributed by atoms with Gasteiger partial charge in [-0.25, -0.2) is 9.97 Å². The number of unbranched alkanes of at least 4 members (excludes halogenated alkanes) is 1. The summed E-state index contributed by atoms with van der Waals surface area (Å²) >= 11 is 0. The van der Waals surface area contributed by atoms with E-state index in [4.69, 9.17) is 0 Å². The summed E-state index contributed by atoms with van der Waals surface area (Å²) in [5.41, 5.74) is 2.12. The van der Waals surface area contributed by atoms with Crippen LogP contribution in [-0.4, -0.2) is 29.5 Å². The Labute approximate surface area is 131 Å². The van der Waals surface area contributed by atoms with Gasteiger partial charge in [0.1, 0.15) is 11.5 Å². The fourth-order valence-electron chi connectivity index (χ4n) is 2.04. The molecule has 5 nitrogen and oxygen atoms in total. The molecule has 0 radical (unpaired) electrons. The molecule has 0 saturated heterocycles. The maximum atomic E-state index is 12.2. The van der Waals surface area contributed by atoms with Crippen molar-refractivity contribution in [2.75, 3.05) is 23.8 Å². The van der Waals surface area contributed by atoms with Crippen molar-refractivity contribution in [2.45, 2.75) is 26.7 Å². The molecule has 1 aromatic carbocycles. The van der Waals surface area contributed by atoms with Crippen LogP contribution in [0.1, 0.15) is 35.8 Å². The minimum absolute atomic E-state index is 0.246. The third-order valence-corrected chi connectivity index (χ3v) is 3.50. The van der Waals surface area contributed by atoms with E-state index in [1.165, 1.54) is 6.20 Å². The van der Waals surface area contributed by atoms with Crippen molar-refractivity contribution < 1.29 is 4.79 Å². The Morgan fingerprint density at radius 2 is 2.00 bits per heavy atom. The van der Waals surface area contributed by atoms with Gasteiger partial charge in [-0.2, -0.15) is 0 Å². The van der Waals surface area contributed by atoms with E-state index in [0.29, 0.717) is 5.69 Å². The molecule has 2 aromatic rings. The fourth-order valence-corrected chi connectivity index (χ4v) is 2.04. The zero-order valence-electron chi connectivity index (χ0n) is 13.3. The molecule has 0 aliphatic rings. The maximum absolute atomic E-state index is 12.2. The number of hydrogen-bond acceptors (Lipinski definition) is 4. The van der Waals surface area contributed by atoms with Crippen LogP contribution in [0.2, 0.25) is 0 Å². The molecule has 2 rings (SSSR count). The highest BCUT2D eigenvalue weighted by atomic mass is 16.1. The summed E-state index contributed by atoms with van der Waals surface area (Å²) in [6.45, 7) is 5.03. The van der Waals surface area contributed by atoms with Crippen LogP contribution in [0.3, 0.4) is 0 Å². The van der Waals surface area contributed by atoms with Crippen molar-refractivity contribution >= 4 is 17.4 Å². The molecule has 0 spiro atoms. The van der Waals surface area contributed by atoms with E-state index in [2.05, 4.69) is 22.2 Å². The molecular weight excluding hydrogens is 276 g/mol. The predicted octanol–water partition coefficient (Wildman–Crippen LogP) is 3.27. The monoisotopic (exact) mass is 298 g/mol. The standard InChI is InChI=1S/C17H22N4O/c1-4-5-10-21(3)16-12-18-15(11-19-16)17(22)20-14-9-7-6-8-13(14)2/h6-9,11-12H,4-5,10H2,1-3H3,(H,20,22). The van der Waals surface area contributed by atoms with E-state index < -0.39 is 0 Å². The van der Waals surface area contributed by atoms with E-state index in [-0.39, 0.29) is 5.91 Å². The maximum Gasteiger partial charge on any atom is 0.275 e. The van der Waals surface area contributed by atoms with E-state index in [0.717, 1.165) is 36.5 Å². The molecule has 1 N–H and O–H groups in total. The largest absolute Gasteiger partial charge is 0.358 e. The molecule has 5 heteroatoms. The summed E-state index contributed by atoms with van der Waals surface area (Å²) in [4.78, 5) is 22.8. The number of amides is 1. The molecule has 22 heavy (non-hydrogen) atoms. The number of carbonyl (C=O) groups excluding carboxylic acids is 1. The first kappa shape index (κ1) is 15.9. The summed E-state index contributed by atoms with van der Waals surface area (Å²) in [6, 6.07) is 7.65. The first-order valence-corrected chi connectivity index (χ1v) is 7.52. The van der Waals surface area contributed by atoms with Gasteiger partial charge >= 0.3 is 0 Å². The third-order valence-electron chi connectivity index (χ3n) is 3.50. The highest BCUT2D eigenvalue weighted by Crippen LogP contribution is 2.14. The number of hydrogen-bond donors (Lipinski definition) is 1. The molecule has 0 bridgehead atoms. The van der Waals surface area contributed by atoms with Crippen LogP contribution in [0.15, 0.2) is 36.7 Å². The Hall–Kier alpha value is -2.43. The first-order chi connectivity index (χ1) is 10.6. The van der Waals surface area contributed by atoms with Crippen LogP contribution < -0.4 is 10.2 Å². The molecule has 1 aromatic heterocycles. The molecule has 0 fully saturated rings. The lowest BCUT2D eigenvalue weighted by atomic mass is 10.2. The number of aryl methyl sites for hydroxylation is 1. The van der Waals surface area contributed by atoms with Crippen molar-refractivity contribution in [1.82, 2.24) is 9.97 Å². The number of rotatable bonds is 6. The average molecular weight is 298 g/mol. The lowest BCUT2D eigenvalue weighted by Crippen LogP contribution is -2.21. The van der Waals surface area contributed by atoms with E-state index in [9.17, 15) is 4.79 Å². The molecule has 116 valence electrons. The van der Waals surface area contributed by atoms with Crippen molar-refractivity contribution in [3.63, 3.8) is 0 Å². The number of nitrogens with zero attached hydrogens (tertiary/aromatic N) is 3. The van der Waals surface area contributed by atoms with Crippen molar-refractivity contribution in [1.29, 1.82) is 0 Å². The predicted molar refractivity (Wildman–Crippen MR) is 89.3 cm³/mol. The Morgan fingerprint density at radius 3 is 2.64 bits per heavy atom. The van der Waals surface area contributed by atoms with Gasteiger partial charge in [0.2, 0.25) is 0 Å². The van der Waals surface area contributed by atoms with Crippen LogP contribution in [-0.2, 0) is 0 Å². The SMILES string of the molecule is CCCCN(C)c1cnc(C(=O)Nc2ccccc2C)cn1. The molecule has 1 amide bonds. The van der Waals surface area contributed by atoms with Gasteiger partial charge in [-0.3, -0.25) is 4.79 Å². The Balaban J connectivity index is 2.04. The number of benzene rings is 1. The minimum atomic E-state index is -0.246. The molecule has 0 atom stereocenters. The highest BCUT2D eigenvalue weighted by Gasteiger charge is 2.10. The number of aromatic nitrogens is 2. The van der Waals surface area contributed by atoms with Crippen molar-refractivity contribution in [3.05, 3.63) is 47.9 Å². The smallest absolute Gasteiger partial charge is 0.275 e. The summed E-state index contributed by atoms with van der Waals surface area (Å²) in [6.07, 6.45) is 5.40. The molecule has 0 aliphatic heterocycles. The normalized spacial score (nSPS) is 10.3.